The molecule has 15 nitrogen and oxygen atoms in total. The van der Waals surface area contributed by atoms with Gasteiger partial charge in [-0.05, 0) is 6.42 Å². The highest BCUT2D eigenvalue weighted by Crippen LogP contribution is 1.93. The third kappa shape index (κ3) is 22.7. The number of nitrogens with two attached hydrogens (primary N) is 3. The number of aliphatic carboxylic acids is 6. The lowest BCUT2D eigenvalue weighted by molar-refractivity contribution is -0.144. The van der Waals surface area contributed by atoms with E-state index >= 15 is 0 Å². The van der Waals surface area contributed by atoms with Crippen molar-refractivity contribution in [3.63, 3.8) is 0 Å². The van der Waals surface area contributed by atoms with Crippen molar-refractivity contribution < 1.29 is 59.4 Å². The smallest absolute Gasteiger partial charge is 0.321 e. The Morgan fingerprint density at radius 3 is 0.964 bits per heavy atom. The summed E-state index contributed by atoms with van der Waals surface area (Å²) < 4.78 is 0. The molecule has 0 radical (unpaired) electrons. The third-order valence-electron chi connectivity index (χ3n) is 2.41. The van der Waals surface area contributed by atoms with E-state index in [-0.39, 0.29) is 12.8 Å². The molecular formula is C13H23N3O12. The van der Waals surface area contributed by atoms with Gasteiger partial charge < -0.3 is 47.8 Å². The van der Waals surface area contributed by atoms with E-state index in [1.165, 1.54) is 0 Å². The molecule has 0 fully saturated rings. The molecule has 0 unspecified atom stereocenters. The minimum absolute atomic E-state index is 0.0231. The molecule has 0 saturated carbocycles. The first kappa shape index (κ1) is 29.5. The maximum Gasteiger partial charge on any atom is 0.321 e. The molecule has 0 bridgehead atoms. The van der Waals surface area contributed by atoms with Gasteiger partial charge in [0.1, 0.15) is 18.1 Å². The Morgan fingerprint density at radius 1 is 0.536 bits per heavy atom. The average Bonchev–Trinajstić information content (AvgIpc) is 2.52. The van der Waals surface area contributed by atoms with Crippen LogP contribution in [-0.4, -0.2) is 84.6 Å². The molecule has 0 aliphatic rings. The summed E-state index contributed by atoms with van der Waals surface area (Å²) in [5, 5.41) is 48.3. The van der Waals surface area contributed by atoms with Crippen LogP contribution in [0.1, 0.15) is 25.7 Å². The number of rotatable bonds is 10. The average molecular weight is 413 g/mol. The van der Waals surface area contributed by atoms with Gasteiger partial charge in [-0.15, -0.1) is 0 Å². The van der Waals surface area contributed by atoms with Crippen molar-refractivity contribution >= 4 is 35.8 Å². The number of hydrogen-bond acceptors (Lipinski definition) is 9. The Hall–Kier alpha value is -3.30. The first-order valence-electron chi connectivity index (χ1n) is 7.22. The SMILES string of the molecule is N[C@@H](CC(=O)O)C(=O)O.N[C@@H](CC(=O)O)C(=O)O.N[C@@H](CCC(=O)O)C(=O)O. The Bertz CT molecular complexity index is 533. The van der Waals surface area contributed by atoms with Crippen molar-refractivity contribution in [2.75, 3.05) is 0 Å². The number of carboxylic acids is 6. The molecule has 0 aromatic heterocycles. The summed E-state index contributed by atoms with van der Waals surface area (Å²) in [7, 11) is 0. The van der Waals surface area contributed by atoms with Crippen molar-refractivity contribution in [3.05, 3.63) is 0 Å². The number of carbonyl (C=O) groups is 6. The molecule has 0 rings (SSSR count). The van der Waals surface area contributed by atoms with Gasteiger partial charge in [0, 0.05) is 6.42 Å². The second-order valence-corrected chi connectivity index (χ2v) is 4.96. The molecule has 0 aliphatic heterocycles. The van der Waals surface area contributed by atoms with Gasteiger partial charge in [-0.25, -0.2) is 0 Å². The van der Waals surface area contributed by atoms with Crippen molar-refractivity contribution in [3.8, 4) is 0 Å². The Labute approximate surface area is 157 Å². The maximum absolute atomic E-state index is 9.99. The van der Waals surface area contributed by atoms with Gasteiger partial charge in [0.25, 0.3) is 0 Å². The van der Waals surface area contributed by atoms with E-state index in [2.05, 4.69) is 0 Å². The molecule has 12 N–H and O–H groups in total. The lowest BCUT2D eigenvalue weighted by atomic mass is 10.2. The van der Waals surface area contributed by atoms with Crippen molar-refractivity contribution in [1.82, 2.24) is 0 Å². The highest BCUT2D eigenvalue weighted by Gasteiger charge is 2.15. The standard InChI is InChI=1S/C5H9NO4.2C4H7NO4/c6-3(5(9)10)1-2-4(7)8;2*5-2(4(8)9)1-3(6)7/h3H,1-2,6H2,(H,7,8)(H,9,10);2*2H,1,5H2,(H,6,7)(H,8,9)/t3-;2*2-/m000/s1. The van der Waals surface area contributed by atoms with E-state index in [1.54, 1.807) is 0 Å². The summed E-state index contributed by atoms with van der Waals surface area (Å²) in [5.41, 5.74) is 14.7. The second-order valence-electron chi connectivity index (χ2n) is 4.96. The van der Waals surface area contributed by atoms with Gasteiger partial charge in [0.2, 0.25) is 0 Å². The zero-order valence-electron chi connectivity index (χ0n) is 14.4. The number of hydrogen-bond donors (Lipinski definition) is 9. The highest BCUT2D eigenvalue weighted by atomic mass is 16.4. The van der Waals surface area contributed by atoms with Crippen LogP contribution in [0.3, 0.4) is 0 Å². The van der Waals surface area contributed by atoms with Crippen LogP contribution in [0.5, 0.6) is 0 Å². The molecule has 0 heterocycles. The third-order valence-corrected chi connectivity index (χ3v) is 2.41. The molecule has 3 atom stereocenters. The van der Waals surface area contributed by atoms with Crippen LogP contribution in [-0.2, 0) is 28.8 Å². The fourth-order valence-corrected chi connectivity index (χ4v) is 0.953. The topological polar surface area (TPSA) is 302 Å². The fourth-order valence-electron chi connectivity index (χ4n) is 0.953. The Morgan fingerprint density at radius 2 is 0.821 bits per heavy atom. The predicted octanol–water partition coefficient (Wildman–Crippen LogP) is -2.99. The van der Waals surface area contributed by atoms with Gasteiger partial charge in [-0.3, -0.25) is 28.8 Å². The summed E-state index contributed by atoms with van der Waals surface area (Å²) in [6, 6.07) is -3.64. The zero-order chi connectivity index (χ0) is 23.0. The molecule has 0 aromatic carbocycles. The van der Waals surface area contributed by atoms with E-state index in [9.17, 15) is 28.8 Å². The van der Waals surface area contributed by atoms with Gasteiger partial charge in [0.05, 0.1) is 12.8 Å². The van der Waals surface area contributed by atoms with Crippen LogP contribution in [0.2, 0.25) is 0 Å². The normalized spacial score (nSPS) is 12.5. The summed E-state index contributed by atoms with van der Waals surface area (Å²) in [5.74, 6) is -7.19. The largest absolute Gasteiger partial charge is 0.481 e. The van der Waals surface area contributed by atoms with Crippen LogP contribution in [0, 0.1) is 0 Å². The molecular weight excluding hydrogens is 390 g/mol. The van der Waals surface area contributed by atoms with Gasteiger partial charge in [0.15, 0.2) is 0 Å². The minimum atomic E-state index is -1.29. The summed E-state index contributed by atoms with van der Waals surface area (Å²) in [6.45, 7) is 0. The molecule has 0 aromatic rings. The quantitative estimate of drug-likeness (QED) is 0.172. The van der Waals surface area contributed by atoms with E-state index in [4.69, 9.17) is 47.8 Å². The van der Waals surface area contributed by atoms with Gasteiger partial charge >= 0.3 is 35.8 Å². The first-order valence-corrected chi connectivity index (χ1v) is 7.22. The van der Waals surface area contributed by atoms with E-state index in [0.717, 1.165) is 0 Å². The monoisotopic (exact) mass is 413 g/mol. The number of carboxylic acid groups (broad SMARTS) is 6. The Kier molecular flexibility index (Phi) is 16.7. The second kappa shape index (κ2) is 15.9. The van der Waals surface area contributed by atoms with Crippen molar-refractivity contribution in [1.29, 1.82) is 0 Å². The van der Waals surface area contributed by atoms with Crippen LogP contribution in [0.4, 0.5) is 0 Å². The minimum Gasteiger partial charge on any atom is -0.481 e. The summed E-state index contributed by atoms with van der Waals surface area (Å²) in [6.07, 6.45) is -1.29. The molecule has 15 heteroatoms. The fraction of sp³-hybridized carbons (Fsp3) is 0.538. The van der Waals surface area contributed by atoms with Crippen LogP contribution in [0.15, 0.2) is 0 Å². The van der Waals surface area contributed by atoms with Gasteiger partial charge in [-0.1, -0.05) is 0 Å². The van der Waals surface area contributed by atoms with Crippen molar-refractivity contribution in [2.24, 2.45) is 17.2 Å². The summed E-state index contributed by atoms with van der Waals surface area (Å²) >= 11 is 0. The molecule has 162 valence electrons. The molecule has 28 heavy (non-hydrogen) atoms. The first-order chi connectivity index (χ1) is 12.6. The molecule has 0 aliphatic carbocycles. The van der Waals surface area contributed by atoms with Crippen LogP contribution in [0.25, 0.3) is 0 Å². The zero-order valence-corrected chi connectivity index (χ0v) is 14.4. The molecule has 0 amide bonds. The van der Waals surface area contributed by atoms with Crippen molar-refractivity contribution in [2.45, 2.75) is 43.8 Å². The van der Waals surface area contributed by atoms with E-state index < -0.39 is 66.8 Å². The maximum atomic E-state index is 9.99. The van der Waals surface area contributed by atoms with E-state index in [0.29, 0.717) is 0 Å². The molecule has 0 spiro atoms. The summed E-state index contributed by atoms with van der Waals surface area (Å²) in [4.78, 5) is 59.1. The van der Waals surface area contributed by atoms with Crippen LogP contribution >= 0.6 is 0 Å². The van der Waals surface area contributed by atoms with Crippen LogP contribution < -0.4 is 17.2 Å². The lowest BCUT2D eigenvalue weighted by Crippen LogP contribution is -2.32. The predicted molar refractivity (Wildman–Crippen MR) is 88.2 cm³/mol. The lowest BCUT2D eigenvalue weighted by Gasteiger charge is -2.01. The Balaban J connectivity index is -0.000000336. The van der Waals surface area contributed by atoms with E-state index in [1.807, 2.05) is 0 Å². The molecule has 0 saturated heterocycles. The van der Waals surface area contributed by atoms with Gasteiger partial charge in [-0.2, -0.15) is 0 Å². The highest BCUT2D eigenvalue weighted by molar-refractivity contribution is 5.80.